The second-order valence-electron chi connectivity index (χ2n) is 1.22. The van der Waals surface area contributed by atoms with Gasteiger partial charge in [-0.15, -0.1) is 10.2 Å². The second kappa shape index (κ2) is 1.22. The number of rotatable bonds is 0. The van der Waals surface area contributed by atoms with Crippen LogP contribution in [0.2, 0.25) is 0 Å². The van der Waals surface area contributed by atoms with Gasteiger partial charge in [0.25, 0.3) is 0 Å². The van der Waals surface area contributed by atoms with E-state index in [0.29, 0.717) is 5.95 Å². The normalized spacial score (nSPS) is 9.29. The topological polar surface area (TPSA) is 56.7 Å². The largest absolute Gasteiger partial charge is 0.368 e. The number of nitrogen functional groups attached to an aromatic ring is 1. The summed E-state index contributed by atoms with van der Waals surface area (Å²) in [5.41, 5.74) is 5.20. The molecule has 1 aromatic rings. The first-order chi connectivity index (χ1) is 3.30. The maximum atomic E-state index is 5.20. The van der Waals surface area contributed by atoms with E-state index in [2.05, 4.69) is 16.5 Å². The van der Waals surface area contributed by atoms with Crippen molar-refractivity contribution in [2.75, 3.05) is 5.73 Å². The molecule has 0 aliphatic rings. The average Bonchev–Trinajstić information content (AvgIpc) is 1.91. The molecule has 0 bridgehead atoms. The lowest BCUT2D eigenvalue weighted by Crippen LogP contribution is -1.94. The molecule has 4 nitrogen and oxygen atoms in total. The quantitative estimate of drug-likeness (QED) is 0.461. The van der Waals surface area contributed by atoms with Gasteiger partial charge in [-0.3, -0.25) is 4.57 Å². The third-order valence-electron chi connectivity index (χ3n) is 0.691. The molecule has 1 radical (unpaired) electrons. The van der Waals surface area contributed by atoms with Gasteiger partial charge in [0.05, 0.1) is 0 Å². The van der Waals surface area contributed by atoms with E-state index in [0.717, 1.165) is 0 Å². The summed E-state index contributed by atoms with van der Waals surface area (Å²) in [6.07, 6.45) is 2.50. The predicted molar refractivity (Wildman–Crippen MR) is 24.3 cm³/mol. The molecule has 0 atom stereocenters. The first-order valence-corrected chi connectivity index (χ1v) is 1.83. The number of aryl methyl sites for hydroxylation is 1. The molecule has 1 aromatic heterocycles. The van der Waals surface area contributed by atoms with Crippen LogP contribution in [0.25, 0.3) is 0 Å². The molecule has 0 amide bonds. The summed E-state index contributed by atoms with van der Waals surface area (Å²) in [4.78, 5) is 0. The molecular weight excluding hydrogens is 92.1 g/mol. The van der Waals surface area contributed by atoms with Gasteiger partial charge in [0, 0.05) is 7.05 Å². The number of aromatic nitrogens is 3. The molecular formula is C3H5N4. The Balaban J connectivity index is 3.12. The van der Waals surface area contributed by atoms with Crippen LogP contribution in [0.1, 0.15) is 0 Å². The number of hydrogen-bond donors (Lipinski definition) is 1. The van der Waals surface area contributed by atoms with Crippen LogP contribution in [0.3, 0.4) is 0 Å². The number of nitrogens with zero attached hydrogens (tertiary/aromatic N) is 3. The van der Waals surface area contributed by atoms with Crippen molar-refractivity contribution in [1.82, 2.24) is 14.8 Å². The predicted octanol–water partition coefficient (Wildman–Crippen LogP) is -0.803. The lowest BCUT2D eigenvalue weighted by molar-refractivity contribution is 0.914. The van der Waals surface area contributed by atoms with Crippen molar-refractivity contribution < 1.29 is 0 Å². The lowest BCUT2D eigenvalue weighted by atomic mass is 11.0. The molecule has 0 unspecified atom stereocenters. The SMILES string of the molecule is Cn1[c]nnc1N. The Morgan fingerprint density at radius 1 is 1.86 bits per heavy atom. The van der Waals surface area contributed by atoms with E-state index in [1.807, 2.05) is 0 Å². The molecule has 0 spiro atoms. The van der Waals surface area contributed by atoms with Crippen molar-refractivity contribution in [2.24, 2.45) is 7.05 Å². The maximum absolute atomic E-state index is 5.20. The Labute approximate surface area is 41.0 Å². The van der Waals surface area contributed by atoms with Crippen molar-refractivity contribution in [1.29, 1.82) is 0 Å². The van der Waals surface area contributed by atoms with E-state index in [9.17, 15) is 0 Å². The highest BCUT2D eigenvalue weighted by Crippen LogP contribution is 1.85. The standard InChI is InChI=1S/C3H5N4/c1-7-2-5-6-3(7)4/h1H3,(H2,4,6). The molecule has 0 saturated carbocycles. The minimum atomic E-state index is 0.389. The van der Waals surface area contributed by atoms with Gasteiger partial charge >= 0.3 is 0 Å². The zero-order valence-electron chi connectivity index (χ0n) is 3.92. The van der Waals surface area contributed by atoms with E-state index < -0.39 is 0 Å². The number of hydrogen-bond acceptors (Lipinski definition) is 3. The van der Waals surface area contributed by atoms with Crippen LogP contribution < -0.4 is 5.73 Å². The molecule has 0 aromatic carbocycles. The van der Waals surface area contributed by atoms with E-state index in [4.69, 9.17) is 5.73 Å². The zero-order valence-corrected chi connectivity index (χ0v) is 3.92. The summed E-state index contributed by atoms with van der Waals surface area (Å²) >= 11 is 0. The molecule has 0 saturated heterocycles. The first-order valence-electron chi connectivity index (χ1n) is 1.83. The number of nitrogens with two attached hydrogens (primary N) is 1. The summed E-state index contributed by atoms with van der Waals surface area (Å²) in [6, 6.07) is 0. The van der Waals surface area contributed by atoms with Gasteiger partial charge in [-0.05, 0) is 0 Å². The lowest BCUT2D eigenvalue weighted by Gasteiger charge is -1.83. The van der Waals surface area contributed by atoms with Crippen molar-refractivity contribution in [2.45, 2.75) is 0 Å². The third kappa shape index (κ3) is 0.534. The van der Waals surface area contributed by atoms with E-state index in [1.54, 1.807) is 7.05 Å². The molecule has 4 heteroatoms. The Morgan fingerprint density at radius 2 is 2.57 bits per heavy atom. The second-order valence-corrected chi connectivity index (χ2v) is 1.22. The Morgan fingerprint density at radius 3 is 2.71 bits per heavy atom. The van der Waals surface area contributed by atoms with Crippen LogP contribution in [-0.2, 0) is 7.05 Å². The molecule has 37 valence electrons. The number of anilines is 1. The Bertz CT molecular complexity index is 139. The molecule has 0 aliphatic carbocycles. The molecule has 0 aliphatic heterocycles. The fourth-order valence-electron chi connectivity index (χ4n) is 0.259. The summed E-state index contributed by atoms with van der Waals surface area (Å²) in [5, 5.41) is 6.84. The van der Waals surface area contributed by atoms with Gasteiger partial charge in [-0.1, -0.05) is 0 Å². The van der Waals surface area contributed by atoms with Crippen molar-refractivity contribution in [3.63, 3.8) is 0 Å². The minimum absolute atomic E-state index is 0.389. The Kier molecular flexibility index (Phi) is 0.714. The van der Waals surface area contributed by atoms with Gasteiger partial charge in [-0.2, -0.15) is 0 Å². The summed E-state index contributed by atoms with van der Waals surface area (Å²) in [7, 11) is 1.73. The first kappa shape index (κ1) is 4.11. The Hall–Kier alpha value is -1.06. The van der Waals surface area contributed by atoms with Gasteiger partial charge in [0.1, 0.15) is 0 Å². The van der Waals surface area contributed by atoms with Crippen LogP contribution in [0, 0.1) is 6.33 Å². The minimum Gasteiger partial charge on any atom is -0.368 e. The average molecular weight is 97.1 g/mol. The van der Waals surface area contributed by atoms with Crippen LogP contribution in [0.15, 0.2) is 0 Å². The van der Waals surface area contributed by atoms with Crippen molar-refractivity contribution in [3.05, 3.63) is 6.33 Å². The smallest absolute Gasteiger partial charge is 0.222 e. The highest BCUT2D eigenvalue weighted by Gasteiger charge is 1.87. The summed E-state index contributed by atoms with van der Waals surface area (Å²) in [5.74, 6) is 0.389. The van der Waals surface area contributed by atoms with Crippen molar-refractivity contribution in [3.8, 4) is 0 Å². The third-order valence-corrected chi connectivity index (χ3v) is 0.691. The maximum Gasteiger partial charge on any atom is 0.222 e. The van der Waals surface area contributed by atoms with Crippen LogP contribution >= 0.6 is 0 Å². The van der Waals surface area contributed by atoms with Gasteiger partial charge in [0.2, 0.25) is 12.3 Å². The van der Waals surface area contributed by atoms with Gasteiger partial charge in [-0.25, -0.2) is 0 Å². The molecule has 7 heavy (non-hydrogen) atoms. The monoisotopic (exact) mass is 97.1 g/mol. The molecule has 2 N–H and O–H groups in total. The van der Waals surface area contributed by atoms with Crippen LogP contribution in [0.5, 0.6) is 0 Å². The summed E-state index contributed by atoms with van der Waals surface area (Å²) < 4.78 is 1.51. The van der Waals surface area contributed by atoms with Gasteiger partial charge in [0.15, 0.2) is 0 Å². The molecule has 1 heterocycles. The van der Waals surface area contributed by atoms with Crippen LogP contribution in [0.4, 0.5) is 5.95 Å². The van der Waals surface area contributed by atoms with E-state index in [1.165, 1.54) is 4.57 Å². The zero-order chi connectivity index (χ0) is 5.28. The van der Waals surface area contributed by atoms with Gasteiger partial charge < -0.3 is 5.73 Å². The fraction of sp³-hybridized carbons (Fsp3) is 0.333. The van der Waals surface area contributed by atoms with Crippen LogP contribution in [-0.4, -0.2) is 14.8 Å². The molecule has 1 rings (SSSR count). The highest BCUT2D eigenvalue weighted by molar-refractivity contribution is 5.10. The van der Waals surface area contributed by atoms with E-state index >= 15 is 0 Å². The summed E-state index contributed by atoms with van der Waals surface area (Å²) in [6.45, 7) is 0. The van der Waals surface area contributed by atoms with Crippen molar-refractivity contribution >= 4 is 5.95 Å². The molecule has 0 fully saturated rings. The highest BCUT2D eigenvalue weighted by atomic mass is 15.3. The fourth-order valence-corrected chi connectivity index (χ4v) is 0.259. The van der Waals surface area contributed by atoms with E-state index in [-0.39, 0.29) is 0 Å².